The molecule has 0 saturated carbocycles. The molecule has 43 heavy (non-hydrogen) atoms. The van der Waals surface area contributed by atoms with Gasteiger partial charge >= 0.3 is 6.03 Å². The smallest absolute Gasteiger partial charge is 0.331 e. The number of likely N-dealkylation sites (tertiary alicyclic amines) is 1. The van der Waals surface area contributed by atoms with Crippen LogP contribution in [0.2, 0.25) is 0 Å². The Labute approximate surface area is 254 Å². The Morgan fingerprint density at radius 1 is 1.14 bits per heavy atom. The molecule has 1 atom stereocenters. The predicted octanol–water partition coefficient (Wildman–Crippen LogP) is 7.16. The molecule has 0 aliphatic carbocycles. The van der Waals surface area contributed by atoms with Crippen LogP contribution >= 0.6 is 11.3 Å². The van der Waals surface area contributed by atoms with Crippen LogP contribution in [0.15, 0.2) is 72.9 Å². The summed E-state index contributed by atoms with van der Waals surface area (Å²) in [5.74, 6) is 1.09. The van der Waals surface area contributed by atoms with E-state index in [1.165, 1.54) is 11.3 Å². The number of benzene rings is 2. The molecule has 2 aromatic heterocycles. The summed E-state index contributed by atoms with van der Waals surface area (Å²) in [5.41, 5.74) is 2.68. The van der Waals surface area contributed by atoms with Gasteiger partial charge in [0.05, 0.1) is 22.4 Å². The fraction of sp³-hybridized carbons (Fsp3) is 0.273. The molecule has 10 heteroatoms. The summed E-state index contributed by atoms with van der Waals surface area (Å²) in [6.07, 6.45) is 8.62. The molecule has 2 aromatic carbocycles. The molecule has 220 valence electrons. The number of nitrogens with zero attached hydrogens (tertiary/aromatic N) is 3. The third-order valence-corrected chi connectivity index (χ3v) is 8.72. The normalized spacial score (nSPS) is 16.4. The summed E-state index contributed by atoms with van der Waals surface area (Å²) in [6, 6.07) is 16.4. The number of urea groups is 1. The van der Waals surface area contributed by atoms with Crippen molar-refractivity contribution in [3.05, 3.63) is 83.4 Å². The van der Waals surface area contributed by atoms with Crippen molar-refractivity contribution in [2.75, 3.05) is 23.3 Å². The number of ether oxygens (including phenoxy) is 1. The molecule has 0 spiro atoms. The zero-order valence-electron chi connectivity index (χ0n) is 24.1. The number of nitrogens with one attached hydrogen (secondary N) is 2. The molecular formula is C33H33N5O4S. The van der Waals surface area contributed by atoms with Crippen molar-refractivity contribution in [1.82, 2.24) is 15.2 Å². The summed E-state index contributed by atoms with van der Waals surface area (Å²) >= 11 is 1.25. The highest BCUT2D eigenvalue weighted by Crippen LogP contribution is 2.46. The Hall–Kier alpha value is -4.70. The highest BCUT2D eigenvalue weighted by molar-refractivity contribution is 7.21. The van der Waals surface area contributed by atoms with E-state index in [1.807, 2.05) is 61.5 Å². The van der Waals surface area contributed by atoms with Gasteiger partial charge in [0.15, 0.2) is 0 Å². The Morgan fingerprint density at radius 3 is 2.77 bits per heavy atom. The number of amides is 4. The molecule has 0 radical (unpaired) electrons. The molecule has 4 amide bonds. The number of pyridine rings is 1. The van der Waals surface area contributed by atoms with Crippen LogP contribution < -0.4 is 20.3 Å². The first-order valence-electron chi connectivity index (χ1n) is 14.6. The van der Waals surface area contributed by atoms with E-state index >= 15 is 0 Å². The largest absolute Gasteiger partial charge is 0.457 e. The van der Waals surface area contributed by atoms with Crippen molar-refractivity contribution in [3.8, 4) is 11.5 Å². The number of hydrogen-bond donors (Lipinski definition) is 2. The fourth-order valence-electron chi connectivity index (χ4n) is 5.55. The van der Waals surface area contributed by atoms with Crippen LogP contribution in [0, 0.1) is 6.92 Å². The van der Waals surface area contributed by atoms with Crippen molar-refractivity contribution < 1.29 is 19.1 Å². The molecule has 1 saturated heterocycles. The second-order valence-electron chi connectivity index (χ2n) is 10.7. The summed E-state index contributed by atoms with van der Waals surface area (Å²) < 4.78 is 5.98. The minimum atomic E-state index is -0.361. The van der Waals surface area contributed by atoms with Gasteiger partial charge in [0.1, 0.15) is 21.2 Å². The number of aryl methyl sites for hydroxylation is 1. The van der Waals surface area contributed by atoms with Gasteiger partial charge < -0.3 is 20.3 Å². The molecule has 2 aliphatic heterocycles. The third kappa shape index (κ3) is 5.83. The number of para-hydroxylation sites is 1. The maximum absolute atomic E-state index is 13.6. The van der Waals surface area contributed by atoms with E-state index in [4.69, 9.17) is 4.74 Å². The maximum atomic E-state index is 13.6. The van der Waals surface area contributed by atoms with Crippen LogP contribution in [0.4, 0.5) is 21.9 Å². The second kappa shape index (κ2) is 12.3. The molecule has 1 fully saturated rings. The van der Waals surface area contributed by atoms with Crippen LogP contribution in [0.3, 0.4) is 0 Å². The van der Waals surface area contributed by atoms with Gasteiger partial charge in [0.25, 0.3) is 5.91 Å². The maximum Gasteiger partial charge on any atom is 0.331 e. The lowest BCUT2D eigenvalue weighted by Crippen LogP contribution is -2.49. The van der Waals surface area contributed by atoms with E-state index < -0.39 is 0 Å². The lowest BCUT2D eigenvalue weighted by molar-refractivity contribution is -0.127. The van der Waals surface area contributed by atoms with Crippen molar-refractivity contribution in [3.63, 3.8) is 0 Å². The van der Waals surface area contributed by atoms with Crippen molar-refractivity contribution >= 4 is 56.5 Å². The van der Waals surface area contributed by atoms with E-state index in [0.29, 0.717) is 45.6 Å². The van der Waals surface area contributed by atoms with Gasteiger partial charge in [-0.3, -0.25) is 14.5 Å². The monoisotopic (exact) mass is 595 g/mol. The Kier molecular flexibility index (Phi) is 8.11. The van der Waals surface area contributed by atoms with Crippen molar-refractivity contribution in [1.29, 1.82) is 0 Å². The molecule has 4 heterocycles. The summed E-state index contributed by atoms with van der Waals surface area (Å²) in [5, 5.41) is 6.80. The first kappa shape index (κ1) is 28.4. The quantitative estimate of drug-likeness (QED) is 0.211. The highest BCUT2D eigenvalue weighted by Gasteiger charge is 2.34. The number of piperidine rings is 1. The zero-order chi connectivity index (χ0) is 29.9. The molecule has 4 aromatic rings. The lowest BCUT2D eigenvalue weighted by Gasteiger charge is -2.32. The zero-order valence-corrected chi connectivity index (χ0v) is 24.9. The van der Waals surface area contributed by atoms with Crippen molar-refractivity contribution in [2.45, 2.75) is 45.6 Å². The van der Waals surface area contributed by atoms with Gasteiger partial charge in [-0.05, 0) is 74.2 Å². The minimum Gasteiger partial charge on any atom is -0.457 e. The molecule has 2 N–H and O–H groups in total. The number of rotatable bonds is 8. The number of hydrogen-bond acceptors (Lipinski definition) is 6. The summed E-state index contributed by atoms with van der Waals surface area (Å²) in [6.45, 7) is 5.13. The number of unbranched alkanes of at least 4 members (excludes halogenated alkanes) is 1. The van der Waals surface area contributed by atoms with E-state index in [9.17, 15) is 14.4 Å². The van der Waals surface area contributed by atoms with Crippen LogP contribution in [-0.4, -0.2) is 46.9 Å². The number of carbonyl (C=O) groups is 3. The number of thiophene rings is 1. The van der Waals surface area contributed by atoms with E-state index in [0.717, 1.165) is 42.4 Å². The SMILES string of the molecule is CCC/C=C/C(=O)N1CCC[C@@H](NC(=O)c2sc3nccc4c3c2NC(=O)N4c2ccc(Oc3ccccc3)cc2C)C1. The number of carbonyl (C=O) groups excluding carboxylic acids is 3. The molecule has 0 bridgehead atoms. The molecule has 6 rings (SSSR count). The molecular weight excluding hydrogens is 562 g/mol. The van der Waals surface area contributed by atoms with Gasteiger partial charge in [-0.1, -0.05) is 37.6 Å². The average molecular weight is 596 g/mol. The lowest BCUT2D eigenvalue weighted by atomic mass is 10.0. The molecule has 9 nitrogen and oxygen atoms in total. The number of allylic oxidation sites excluding steroid dienone is 1. The minimum absolute atomic E-state index is 0.0273. The van der Waals surface area contributed by atoms with Crippen LogP contribution in [0.25, 0.3) is 10.2 Å². The van der Waals surface area contributed by atoms with Crippen LogP contribution in [0.5, 0.6) is 11.5 Å². The standard InChI is InChI=1S/C33H33N5O4S/c1-3-4-6-13-27(39)37-18-9-10-22(20-37)35-31(40)30-29-28-26(16-17-34-32(28)43-30)38(33(41)36-29)25-15-14-24(19-21(25)2)42-23-11-7-5-8-12-23/h5-8,11-17,19,22H,3-4,9-10,18,20H2,1-2H3,(H,35,40)(H,36,41)/b13-6+/t22-/m1/s1. The second-order valence-corrected chi connectivity index (χ2v) is 11.7. The van der Waals surface area contributed by atoms with E-state index in [-0.39, 0.29) is 23.9 Å². The third-order valence-electron chi connectivity index (χ3n) is 7.62. The average Bonchev–Trinajstić information content (AvgIpc) is 3.38. The topological polar surface area (TPSA) is 104 Å². The summed E-state index contributed by atoms with van der Waals surface area (Å²) in [4.78, 5) is 48.7. The molecule has 0 unspecified atom stereocenters. The van der Waals surface area contributed by atoms with Gasteiger partial charge in [-0.25, -0.2) is 9.78 Å². The van der Waals surface area contributed by atoms with Gasteiger partial charge in [-0.15, -0.1) is 11.3 Å². The molecule has 2 aliphatic rings. The van der Waals surface area contributed by atoms with Gasteiger partial charge in [0.2, 0.25) is 5.91 Å². The fourth-order valence-corrected chi connectivity index (χ4v) is 6.58. The van der Waals surface area contributed by atoms with Crippen LogP contribution in [-0.2, 0) is 4.79 Å². The highest BCUT2D eigenvalue weighted by atomic mass is 32.1. The number of aromatic nitrogens is 1. The van der Waals surface area contributed by atoms with Crippen molar-refractivity contribution in [2.24, 2.45) is 0 Å². The van der Waals surface area contributed by atoms with Gasteiger partial charge in [-0.2, -0.15) is 0 Å². The Balaban J connectivity index is 1.24. The summed E-state index contributed by atoms with van der Waals surface area (Å²) in [7, 11) is 0. The first-order chi connectivity index (χ1) is 20.9. The van der Waals surface area contributed by atoms with E-state index in [2.05, 4.69) is 22.5 Å². The predicted molar refractivity (Wildman–Crippen MR) is 170 cm³/mol. The Morgan fingerprint density at radius 2 is 1.98 bits per heavy atom. The van der Waals surface area contributed by atoms with Gasteiger partial charge in [0, 0.05) is 25.3 Å². The van der Waals surface area contributed by atoms with Crippen LogP contribution in [0.1, 0.15) is 47.8 Å². The number of anilines is 3. The van der Waals surface area contributed by atoms with E-state index in [1.54, 1.807) is 28.1 Å². The Bertz CT molecular complexity index is 1720. The first-order valence-corrected chi connectivity index (χ1v) is 15.4.